The predicted octanol–water partition coefficient (Wildman–Crippen LogP) is 1.35. The van der Waals surface area contributed by atoms with Crippen LogP contribution in [0.15, 0.2) is 43.9 Å². The Hall–Kier alpha value is -3.23. The molecule has 0 fully saturated rings. The van der Waals surface area contributed by atoms with Gasteiger partial charge in [-0.05, 0) is 6.07 Å². The monoisotopic (exact) mass is 400 g/mol. The van der Waals surface area contributed by atoms with Crippen molar-refractivity contribution in [1.82, 2.24) is 19.6 Å². The maximum atomic E-state index is 12.9. The lowest BCUT2D eigenvalue weighted by atomic mass is 10.1. The molecule has 10 heteroatoms. The van der Waals surface area contributed by atoms with Gasteiger partial charge in [0, 0.05) is 5.39 Å². The fourth-order valence-electron chi connectivity index (χ4n) is 3.20. The highest BCUT2D eigenvalue weighted by Gasteiger charge is 2.30. The smallest absolute Gasteiger partial charge is 0.286 e. The van der Waals surface area contributed by atoms with Crippen LogP contribution in [0.4, 0.5) is 0 Å². The highest BCUT2D eigenvalue weighted by Crippen LogP contribution is 2.27. The van der Waals surface area contributed by atoms with Crippen molar-refractivity contribution < 1.29 is 9.90 Å². The lowest BCUT2D eigenvalue weighted by Gasteiger charge is -2.10. The number of nitrogens with zero attached hydrogens (tertiary/aromatic N) is 3. The van der Waals surface area contributed by atoms with Gasteiger partial charge >= 0.3 is 0 Å². The summed E-state index contributed by atoms with van der Waals surface area (Å²) in [6.07, 6.45) is 0. The van der Waals surface area contributed by atoms with Gasteiger partial charge in [-0.25, -0.2) is 4.98 Å². The number of hydrogen-bond acceptors (Lipinski definition) is 6. The molecule has 1 aromatic carbocycles. The molecule has 0 atom stereocenters. The molecule has 0 radical (unpaired) electrons. The SMILES string of the molecule is O=C1C(Cl)=C(Cl)C(O)=c2c1nc1c3c(=O)[nH]c4ccccc4c3nn1c2=O. The van der Waals surface area contributed by atoms with Crippen LogP contribution in [-0.2, 0) is 0 Å². The maximum absolute atomic E-state index is 12.9. The third-order valence-electron chi connectivity index (χ3n) is 4.43. The maximum Gasteiger partial charge on any atom is 0.286 e. The molecule has 0 saturated carbocycles. The van der Waals surface area contributed by atoms with Gasteiger partial charge in [0.15, 0.2) is 11.4 Å². The van der Waals surface area contributed by atoms with Gasteiger partial charge in [-0.15, -0.1) is 0 Å². The summed E-state index contributed by atoms with van der Waals surface area (Å²) in [7, 11) is 0. The van der Waals surface area contributed by atoms with Gasteiger partial charge in [-0.3, -0.25) is 14.4 Å². The van der Waals surface area contributed by atoms with E-state index in [0.29, 0.717) is 10.9 Å². The van der Waals surface area contributed by atoms with Crippen LogP contribution in [0.25, 0.3) is 33.2 Å². The van der Waals surface area contributed by atoms with E-state index >= 15 is 0 Å². The van der Waals surface area contributed by atoms with E-state index in [0.717, 1.165) is 4.52 Å². The second kappa shape index (κ2) is 5.15. The quantitative estimate of drug-likeness (QED) is 0.460. The Balaban J connectivity index is 2.10. The summed E-state index contributed by atoms with van der Waals surface area (Å²) < 4.78 is 0.873. The Kier molecular flexibility index (Phi) is 3.05. The lowest BCUT2D eigenvalue weighted by molar-refractivity contribution is 0.103. The summed E-state index contributed by atoms with van der Waals surface area (Å²) in [5, 5.41) is 13.8. The van der Waals surface area contributed by atoms with E-state index in [1.807, 2.05) is 0 Å². The number of fused-ring (bicyclic) bond motifs is 6. The highest BCUT2D eigenvalue weighted by molar-refractivity contribution is 6.53. The van der Waals surface area contributed by atoms with Crippen LogP contribution in [0.2, 0.25) is 0 Å². The molecule has 2 N–H and O–H groups in total. The molecule has 3 aromatic heterocycles. The third-order valence-corrected chi connectivity index (χ3v) is 5.26. The van der Waals surface area contributed by atoms with Crippen LogP contribution in [0.1, 0.15) is 10.5 Å². The van der Waals surface area contributed by atoms with E-state index < -0.39 is 37.9 Å². The molecule has 132 valence electrons. The molecule has 3 heterocycles. The zero-order chi connectivity index (χ0) is 19.0. The van der Waals surface area contributed by atoms with Gasteiger partial charge < -0.3 is 10.1 Å². The first kappa shape index (κ1) is 16.0. The molecule has 0 unspecified atom stereocenters. The fourth-order valence-corrected chi connectivity index (χ4v) is 3.56. The number of nitrogens with one attached hydrogen (secondary N) is 1. The van der Waals surface area contributed by atoms with Gasteiger partial charge in [0.05, 0.1) is 5.52 Å². The number of benzene rings is 1. The van der Waals surface area contributed by atoms with Crippen molar-refractivity contribution >= 4 is 62.2 Å². The molecule has 0 spiro atoms. The summed E-state index contributed by atoms with van der Waals surface area (Å²) in [6.45, 7) is 0. The molecular weight excluding hydrogens is 395 g/mol. The molecule has 0 saturated heterocycles. The molecule has 5 rings (SSSR count). The largest absolute Gasteiger partial charge is 0.505 e. The van der Waals surface area contributed by atoms with Crippen molar-refractivity contribution in [3.63, 3.8) is 0 Å². The molecule has 0 aliphatic heterocycles. The Morgan fingerprint density at radius 3 is 2.59 bits per heavy atom. The molecule has 1 aliphatic rings. The number of Topliss-reactive ketones (excluding diaryl/α,β-unsaturated/α-hetero) is 1. The summed E-state index contributed by atoms with van der Waals surface area (Å²) in [5.74, 6) is -1.48. The second-order valence-corrected chi connectivity index (χ2v) is 6.66. The first-order valence-corrected chi connectivity index (χ1v) is 8.37. The minimum absolute atomic E-state index is 0.0534. The second-order valence-electron chi connectivity index (χ2n) is 5.90. The molecule has 27 heavy (non-hydrogen) atoms. The fraction of sp³-hybridized carbons (Fsp3) is 0. The number of pyridine rings is 1. The van der Waals surface area contributed by atoms with Crippen LogP contribution in [-0.4, -0.2) is 30.5 Å². The van der Waals surface area contributed by atoms with Crippen molar-refractivity contribution in [3.8, 4) is 0 Å². The van der Waals surface area contributed by atoms with E-state index in [1.54, 1.807) is 24.3 Å². The number of carbonyl (C=O) groups excluding carboxylic acids is 1. The number of aliphatic hydroxyl groups is 1. The topological polar surface area (TPSA) is 117 Å². The Labute approximate surface area is 158 Å². The molecule has 0 bridgehead atoms. The van der Waals surface area contributed by atoms with Gasteiger partial charge in [0.25, 0.3) is 11.1 Å². The summed E-state index contributed by atoms with van der Waals surface area (Å²) in [4.78, 5) is 44.7. The van der Waals surface area contributed by atoms with Crippen molar-refractivity contribution in [2.24, 2.45) is 0 Å². The lowest BCUT2D eigenvalue weighted by Crippen LogP contribution is -2.41. The Morgan fingerprint density at radius 2 is 1.81 bits per heavy atom. The van der Waals surface area contributed by atoms with E-state index in [4.69, 9.17) is 23.2 Å². The number of aliphatic hydroxyl groups excluding tert-OH is 1. The summed E-state index contributed by atoms with van der Waals surface area (Å²) >= 11 is 11.7. The Morgan fingerprint density at radius 1 is 1.07 bits per heavy atom. The minimum Gasteiger partial charge on any atom is -0.505 e. The number of H-pyrrole nitrogens is 1. The number of para-hydroxylation sites is 1. The number of rotatable bonds is 0. The van der Waals surface area contributed by atoms with Crippen molar-refractivity contribution in [2.45, 2.75) is 0 Å². The number of aromatic amines is 1. The highest BCUT2D eigenvalue weighted by atomic mass is 35.5. The van der Waals surface area contributed by atoms with Gasteiger partial charge in [-0.2, -0.15) is 9.61 Å². The number of ketones is 1. The molecule has 0 amide bonds. The summed E-state index contributed by atoms with van der Waals surface area (Å²) in [6, 6.07) is 6.93. The van der Waals surface area contributed by atoms with Crippen LogP contribution in [0.5, 0.6) is 0 Å². The first-order chi connectivity index (χ1) is 12.9. The zero-order valence-electron chi connectivity index (χ0n) is 13.1. The number of halogens is 2. The van der Waals surface area contributed by atoms with Crippen molar-refractivity contribution in [3.05, 3.63) is 66.0 Å². The van der Waals surface area contributed by atoms with Crippen molar-refractivity contribution in [1.29, 1.82) is 0 Å². The van der Waals surface area contributed by atoms with Gasteiger partial charge in [0.2, 0.25) is 5.78 Å². The van der Waals surface area contributed by atoms with Crippen LogP contribution < -0.4 is 16.3 Å². The van der Waals surface area contributed by atoms with E-state index in [2.05, 4.69) is 15.1 Å². The average Bonchev–Trinajstić information content (AvgIpc) is 3.05. The standard InChI is InChI=1S/C17H6Cl2N4O4/c18-9-10(19)14(25)12-7(13(9)24)17(27)23-15(21-12)8-11(22-23)5-3-1-2-4-6(5)20-16(8)26/h1-4,24H,(H,20,26). The third kappa shape index (κ3) is 1.91. The first-order valence-electron chi connectivity index (χ1n) is 7.61. The van der Waals surface area contributed by atoms with Crippen molar-refractivity contribution in [2.75, 3.05) is 0 Å². The molecule has 4 aromatic rings. The minimum atomic E-state index is -0.831. The molecule has 8 nitrogen and oxygen atoms in total. The Bertz CT molecular complexity index is 1570. The summed E-state index contributed by atoms with van der Waals surface area (Å²) in [5.41, 5.74) is -1.05. The van der Waals surface area contributed by atoms with Gasteiger partial charge in [-0.1, -0.05) is 41.4 Å². The average molecular weight is 401 g/mol. The number of carbonyl (C=O) groups is 1. The molecule has 1 aliphatic carbocycles. The van der Waals surface area contributed by atoms with Crippen LogP contribution in [0.3, 0.4) is 0 Å². The number of allylic oxidation sites excluding steroid dienone is 1. The zero-order valence-corrected chi connectivity index (χ0v) is 14.6. The van der Waals surface area contributed by atoms with Gasteiger partial charge in [0.1, 0.15) is 31.9 Å². The van der Waals surface area contributed by atoms with E-state index in [1.165, 1.54) is 0 Å². The van der Waals surface area contributed by atoms with Crippen LogP contribution in [0, 0.1) is 0 Å². The normalized spacial score (nSPS) is 14.6. The number of aromatic nitrogens is 4. The number of hydrogen-bond donors (Lipinski definition) is 2. The molecular formula is C17H6Cl2N4O4. The van der Waals surface area contributed by atoms with E-state index in [9.17, 15) is 19.5 Å². The van der Waals surface area contributed by atoms with E-state index in [-0.39, 0.29) is 22.2 Å². The predicted molar refractivity (Wildman–Crippen MR) is 99.2 cm³/mol. The van der Waals surface area contributed by atoms with Crippen LogP contribution >= 0.6 is 23.2 Å².